The van der Waals surface area contributed by atoms with Gasteiger partial charge in [-0.25, -0.2) is 4.68 Å². The second-order valence-electron chi connectivity index (χ2n) is 4.15. The smallest absolute Gasteiger partial charge is 0.119 e. The fourth-order valence-electron chi connectivity index (χ4n) is 2.01. The molecule has 1 aromatic carbocycles. The van der Waals surface area contributed by atoms with Gasteiger partial charge in [0, 0.05) is 11.3 Å². The maximum absolute atomic E-state index is 9.30. The fourth-order valence-corrected chi connectivity index (χ4v) is 2.01. The second-order valence-corrected chi connectivity index (χ2v) is 4.15. The summed E-state index contributed by atoms with van der Waals surface area (Å²) in [6, 6.07) is 7.78. The molecule has 1 N–H and O–H groups in total. The van der Waals surface area contributed by atoms with E-state index in [0.717, 1.165) is 28.4 Å². The minimum Gasteiger partial charge on any atom is -0.494 e. The third-order valence-corrected chi connectivity index (χ3v) is 2.99. The summed E-state index contributed by atoms with van der Waals surface area (Å²) in [6.45, 7) is 6.51. The maximum Gasteiger partial charge on any atom is 0.119 e. The molecule has 0 spiro atoms. The van der Waals surface area contributed by atoms with E-state index < -0.39 is 0 Å². The number of aryl methyl sites for hydroxylation is 1. The van der Waals surface area contributed by atoms with E-state index in [2.05, 4.69) is 5.10 Å². The van der Waals surface area contributed by atoms with Gasteiger partial charge in [0.1, 0.15) is 5.75 Å². The van der Waals surface area contributed by atoms with Crippen molar-refractivity contribution in [2.45, 2.75) is 27.4 Å². The van der Waals surface area contributed by atoms with E-state index in [1.54, 1.807) is 0 Å². The first-order valence-electron chi connectivity index (χ1n) is 6.06. The molecule has 0 atom stereocenters. The van der Waals surface area contributed by atoms with E-state index in [4.69, 9.17) is 4.74 Å². The highest BCUT2D eigenvalue weighted by atomic mass is 16.5. The Hall–Kier alpha value is -1.81. The Bertz CT molecular complexity index is 529. The van der Waals surface area contributed by atoms with Crippen LogP contribution in [0.25, 0.3) is 5.69 Å². The SMILES string of the molecule is CCOc1ccc(-n2nc(C)c(CO)c2C)cc1. The zero-order valence-corrected chi connectivity index (χ0v) is 11.0. The van der Waals surface area contributed by atoms with E-state index in [1.165, 1.54) is 0 Å². The lowest BCUT2D eigenvalue weighted by Crippen LogP contribution is -2.00. The lowest BCUT2D eigenvalue weighted by Gasteiger charge is -2.07. The summed E-state index contributed by atoms with van der Waals surface area (Å²) in [7, 11) is 0. The summed E-state index contributed by atoms with van der Waals surface area (Å²) < 4.78 is 7.25. The summed E-state index contributed by atoms with van der Waals surface area (Å²) in [5.41, 5.74) is 3.70. The molecule has 2 aromatic rings. The zero-order valence-electron chi connectivity index (χ0n) is 11.0. The fraction of sp³-hybridized carbons (Fsp3) is 0.357. The van der Waals surface area contributed by atoms with Crippen LogP contribution in [0.4, 0.5) is 0 Å². The summed E-state index contributed by atoms with van der Waals surface area (Å²) in [4.78, 5) is 0. The van der Waals surface area contributed by atoms with Crippen LogP contribution in [0.1, 0.15) is 23.9 Å². The Morgan fingerprint density at radius 1 is 1.22 bits per heavy atom. The lowest BCUT2D eigenvalue weighted by molar-refractivity contribution is 0.280. The van der Waals surface area contributed by atoms with Gasteiger partial charge >= 0.3 is 0 Å². The molecule has 0 radical (unpaired) electrons. The van der Waals surface area contributed by atoms with Crippen LogP contribution < -0.4 is 4.74 Å². The Morgan fingerprint density at radius 2 is 1.89 bits per heavy atom. The molecule has 0 aliphatic carbocycles. The minimum atomic E-state index is 0.0225. The van der Waals surface area contributed by atoms with Crippen LogP contribution in [-0.4, -0.2) is 21.5 Å². The minimum absolute atomic E-state index is 0.0225. The molecule has 1 aromatic heterocycles. The number of benzene rings is 1. The van der Waals surface area contributed by atoms with Crippen molar-refractivity contribution in [2.75, 3.05) is 6.61 Å². The first-order chi connectivity index (χ1) is 8.67. The van der Waals surface area contributed by atoms with Gasteiger partial charge in [0.05, 0.1) is 24.6 Å². The van der Waals surface area contributed by atoms with E-state index >= 15 is 0 Å². The van der Waals surface area contributed by atoms with Crippen LogP contribution >= 0.6 is 0 Å². The molecular formula is C14H18N2O2. The maximum atomic E-state index is 9.30. The Labute approximate surface area is 107 Å². The van der Waals surface area contributed by atoms with Gasteiger partial charge in [-0.3, -0.25) is 0 Å². The molecule has 18 heavy (non-hydrogen) atoms. The Morgan fingerprint density at radius 3 is 2.39 bits per heavy atom. The molecule has 0 unspecified atom stereocenters. The largest absolute Gasteiger partial charge is 0.494 e. The molecule has 2 rings (SSSR count). The monoisotopic (exact) mass is 246 g/mol. The lowest BCUT2D eigenvalue weighted by atomic mass is 10.2. The van der Waals surface area contributed by atoms with Gasteiger partial charge in [-0.1, -0.05) is 0 Å². The highest BCUT2D eigenvalue weighted by molar-refractivity contribution is 5.40. The van der Waals surface area contributed by atoms with Crippen molar-refractivity contribution in [3.8, 4) is 11.4 Å². The van der Waals surface area contributed by atoms with Crippen molar-refractivity contribution in [3.63, 3.8) is 0 Å². The van der Waals surface area contributed by atoms with Crippen molar-refractivity contribution in [2.24, 2.45) is 0 Å². The summed E-state index contributed by atoms with van der Waals surface area (Å²) in [5.74, 6) is 0.852. The molecule has 0 fully saturated rings. The molecule has 0 saturated heterocycles. The molecular weight excluding hydrogens is 228 g/mol. The molecule has 0 amide bonds. The topological polar surface area (TPSA) is 47.3 Å². The van der Waals surface area contributed by atoms with Gasteiger partial charge in [-0.15, -0.1) is 0 Å². The molecule has 0 aliphatic heterocycles. The molecule has 4 heteroatoms. The van der Waals surface area contributed by atoms with Crippen molar-refractivity contribution in [1.29, 1.82) is 0 Å². The second kappa shape index (κ2) is 5.23. The van der Waals surface area contributed by atoms with Crippen LogP contribution in [0, 0.1) is 13.8 Å². The van der Waals surface area contributed by atoms with Crippen LogP contribution in [-0.2, 0) is 6.61 Å². The van der Waals surface area contributed by atoms with Crippen molar-refractivity contribution in [1.82, 2.24) is 9.78 Å². The highest BCUT2D eigenvalue weighted by Gasteiger charge is 2.11. The van der Waals surface area contributed by atoms with Crippen LogP contribution in [0.5, 0.6) is 5.75 Å². The summed E-state index contributed by atoms with van der Waals surface area (Å²) in [5, 5.41) is 13.7. The van der Waals surface area contributed by atoms with E-state index in [0.29, 0.717) is 6.61 Å². The number of ether oxygens (including phenoxy) is 1. The number of nitrogens with zero attached hydrogens (tertiary/aromatic N) is 2. The quantitative estimate of drug-likeness (QED) is 0.901. The van der Waals surface area contributed by atoms with Crippen molar-refractivity contribution in [3.05, 3.63) is 41.2 Å². The van der Waals surface area contributed by atoms with Crippen molar-refractivity contribution < 1.29 is 9.84 Å². The number of aliphatic hydroxyl groups excluding tert-OH is 1. The molecule has 0 saturated carbocycles. The van der Waals surface area contributed by atoms with Crippen molar-refractivity contribution >= 4 is 0 Å². The van der Waals surface area contributed by atoms with Crippen LogP contribution in [0.2, 0.25) is 0 Å². The predicted octanol–water partition coefficient (Wildman–Crippen LogP) is 2.38. The molecule has 4 nitrogen and oxygen atoms in total. The van der Waals surface area contributed by atoms with Crippen LogP contribution in [0.15, 0.2) is 24.3 Å². The number of hydrogen-bond donors (Lipinski definition) is 1. The summed E-state index contributed by atoms with van der Waals surface area (Å²) >= 11 is 0. The Kier molecular flexibility index (Phi) is 3.67. The number of rotatable bonds is 4. The molecule has 1 heterocycles. The first-order valence-corrected chi connectivity index (χ1v) is 6.06. The zero-order chi connectivity index (χ0) is 13.1. The first kappa shape index (κ1) is 12.6. The van der Waals surface area contributed by atoms with Gasteiger partial charge in [0.25, 0.3) is 0 Å². The normalized spacial score (nSPS) is 10.7. The van der Waals surface area contributed by atoms with E-state index in [1.807, 2.05) is 49.7 Å². The average molecular weight is 246 g/mol. The standard InChI is InChI=1S/C14H18N2O2/c1-4-18-13-7-5-12(6-8-13)16-11(3)14(9-17)10(2)15-16/h5-8,17H,4,9H2,1-3H3. The molecule has 0 aliphatic rings. The third kappa shape index (κ3) is 2.24. The average Bonchev–Trinajstić information content (AvgIpc) is 2.66. The molecule has 96 valence electrons. The van der Waals surface area contributed by atoms with Crippen LogP contribution in [0.3, 0.4) is 0 Å². The van der Waals surface area contributed by atoms with Gasteiger partial charge in [-0.2, -0.15) is 5.10 Å². The van der Waals surface area contributed by atoms with Gasteiger partial charge in [0.2, 0.25) is 0 Å². The van der Waals surface area contributed by atoms with Gasteiger partial charge in [-0.05, 0) is 45.0 Å². The Balaban J connectivity index is 2.36. The number of aromatic nitrogens is 2. The summed E-state index contributed by atoms with van der Waals surface area (Å²) in [6.07, 6.45) is 0. The van der Waals surface area contributed by atoms with E-state index in [9.17, 15) is 5.11 Å². The van der Waals surface area contributed by atoms with Gasteiger partial charge in [0.15, 0.2) is 0 Å². The highest BCUT2D eigenvalue weighted by Crippen LogP contribution is 2.20. The number of aliphatic hydroxyl groups is 1. The molecule has 0 bridgehead atoms. The third-order valence-electron chi connectivity index (χ3n) is 2.99. The predicted molar refractivity (Wildman–Crippen MR) is 70.1 cm³/mol. The number of hydrogen-bond acceptors (Lipinski definition) is 3. The van der Waals surface area contributed by atoms with E-state index in [-0.39, 0.29) is 6.61 Å². The van der Waals surface area contributed by atoms with Gasteiger partial charge < -0.3 is 9.84 Å².